The largest absolute Gasteiger partial charge is 0.468 e. The van der Waals surface area contributed by atoms with Crippen LogP contribution in [0.15, 0.2) is 42.9 Å². The molecule has 210 valence electrons. The zero-order chi connectivity index (χ0) is 28.5. The second kappa shape index (κ2) is 11.1. The highest BCUT2D eigenvalue weighted by Gasteiger charge is 2.54. The number of nitrogens with zero attached hydrogens (tertiary/aromatic N) is 3. The third kappa shape index (κ3) is 5.75. The van der Waals surface area contributed by atoms with E-state index in [4.69, 9.17) is 37.5 Å². The second-order valence-electron chi connectivity index (χ2n) is 9.04. The number of fused-ring (bicyclic) bond motifs is 1. The number of rotatable bonds is 10. The summed E-state index contributed by atoms with van der Waals surface area (Å²) in [7, 11) is -3.05. The fourth-order valence-electron chi connectivity index (χ4n) is 4.20. The van der Waals surface area contributed by atoms with E-state index < -0.39 is 50.4 Å². The average Bonchev–Trinajstić information content (AvgIpc) is 3.38. The summed E-state index contributed by atoms with van der Waals surface area (Å²) in [4.78, 5) is 20.2. The third-order valence-electron chi connectivity index (χ3n) is 6.20. The number of aliphatic hydroxyl groups is 2. The number of nitrogen functional groups attached to an aromatic ring is 1. The van der Waals surface area contributed by atoms with Crippen molar-refractivity contribution < 1.29 is 38.1 Å². The van der Waals surface area contributed by atoms with Crippen molar-refractivity contribution >= 4 is 47.8 Å². The summed E-state index contributed by atoms with van der Waals surface area (Å²) in [5.41, 5.74) is 10.6. The first-order valence-electron chi connectivity index (χ1n) is 11.7. The van der Waals surface area contributed by atoms with Crippen LogP contribution in [0, 0.1) is 0 Å². The van der Waals surface area contributed by atoms with E-state index in [1.54, 1.807) is 30.3 Å². The molecule has 1 aliphatic rings. The fraction of sp³-hybridized carbons (Fsp3) is 0.391. The van der Waals surface area contributed by atoms with Gasteiger partial charge in [0.15, 0.2) is 6.23 Å². The van der Waals surface area contributed by atoms with Gasteiger partial charge in [0.2, 0.25) is 0 Å². The van der Waals surface area contributed by atoms with Gasteiger partial charge in [-0.25, -0.2) is 14.5 Å². The van der Waals surface area contributed by atoms with Crippen LogP contribution >= 0.6 is 20.0 Å². The standard InChI is InChI=1S/C23H29N6O8PS/c1-12(21(31)34-3)28-38(33,37-13-7-5-4-6-8-13)35-10-15-17(30)23(2,32)22(36-15)29-9-14(19(25)39)16-18(24)26-11-27-20(16)29/h4-9,11-12,15,17,22,30,32H,10H2,1-3H3,(H2,25,39)(H,28,33)(H2,24,26,27). The van der Waals surface area contributed by atoms with E-state index in [0.717, 1.165) is 0 Å². The predicted octanol–water partition coefficient (Wildman–Crippen LogP) is 1.01. The molecule has 3 heterocycles. The van der Waals surface area contributed by atoms with Gasteiger partial charge in [0, 0.05) is 11.8 Å². The number of anilines is 1. The van der Waals surface area contributed by atoms with Gasteiger partial charge in [0.05, 0.1) is 19.1 Å². The number of methoxy groups -OCH3 is 1. The Morgan fingerprint density at radius 1 is 1.36 bits per heavy atom. The summed E-state index contributed by atoms with van der Waals surface area (Å²) in [5, 5.41) is 25.1. The molecule has 3 aromatic rings. The van der Waals surface area contributed by atoms with Crippen molar-refractivity contribution in [3.63, 3.8) is 0 Å². The van der Waals surface area contributed by atoms with E-state index in [9.17, 15) is 19.6 Å². The number of para-hydroxylation sites is 1. The molecule has 1 saturated heterocycles. The quantitative estimate of drug-likeness (QED) is 0.129. The lowest BCUT2D eigenvalue weighted by molar-refractivity contribution is -0.142. The number of benzene rings is 1. The molecule has 0 saturated carbocycles. The Bertz CT molecular complexity index is 1420. The molecule has 2 aromatic heterocycles. The highest BCUT2D eigenvalue weighted by Crippen LogP contribution is 2.47. The average molecular weight is 581 g/mol. The van der Waals surface area contributed by atoms with Gasteiger partial charge in [-0.15, -0.1) is 0 Å². The van der Waals surface area contributed by atoms with E-state index in [-0.39, 0.29) is 22.2 Å². The topological polar surface area (TPSA) is 206 Å². The maximum Gasteiger partial charge on any atom is 0.459 e. The van der Waals surface area contributed by atoms with Crippen molar-refractivity contribution in [1.82, 2.24) is 19.6 Å². The summed E-state index contributed by atoms with van der Waals surface area (Å²) >= 11 is 5.13. The molecule has 1 aliphatic heterocycles. The van der Waals surface area contributed by atoms with Gasteiger partial charge in [-0.05, 0) is 26.0 Å². The predicted molar refractivity (Wildman–Crippen MR) is 144 cm³/mol. The van der Waals surface area contributed by atoms with Crippen LogP contribution in [0.4, 0.5) is 5.82 Å². The molecule has 0 radical (unpaired) electrons. The summed E-state index contributed by atoms with van der Waals surface area (Å²) in [6, 6.07) is 7.09. The number of hydrogen-bond acceptors (Lipinski definition) is 12. The lowest BCUT2D eigenvalue weighted by atomic mass is 9.96. The Balaban J connectivity index is 1.61. The number of hydrogen-bond donors (Lipinski definition) is 5. The Kier molecular flexibility index (Phi) is 8.23. The molecular formula is C23H29N6O8PS. The van der Waals surface area contributed by atoms with E-state index >= 15 is 0 Å². The van der Waals surface area contributed by atoms with Crippen molar-refractivity contribution in [2.75, 3.05) is 19.5 Å². The van der Waals surface area contributed by atoms with Gasteiger partial charge < -0.3 is 40.2 Å². The Morgan fingerprint density at radius 2 is 2.05 bits per heavy atom. The molecule has 4 rings (SSSR count). The van der Waals surface area contributed by atoms with Crippen LogP contribution in [0.2, 0.25) is 0 Å². The lowest BCUT2D eigenvalue weighted by Gasteiger charge is -2.27. The number of carbonyl (C=O) groups excluding carboxylic acids is 1. The second-order valence-corrected chi connectivity index (χ2v) is 11.2. The van der Waals surface area contributed by atoms with Crippen LogP contribution in [-0.2, 0) is 23.4 Å². The fourth-order valence-corrected chi connectivity index (χ4v) is 5.86. The van der Waals surface area contributed by atoms with Crippen LogP contribution in [0.25, 0.3) is 11.0 Å². The van der Waals surface area contributed by atoms with Crippen LogP contribution in [0.1, 0.15) is 25.6 Å². The van der Waals surface area contributed by atoms with E-state index in [0.29, 0.717) is 10.9 Å². The van der Waals surface area contributed by atoms with Gasteiger partial charge in [-0.1, -0.05) is 30.4 Å². The van der Waals surface area contributed by atoms with Crippen molar-refractivity contribution in [3.05, 3.63) is 48.4 Å². The molecule has 0 spiro atoms. The third-order valence-corrected chi connectivity index (χ3v) is 8.06. The Labute approximate surface area is 228 Å². The minimum Gasteiger partial charge on any atom is -0.468 e. The van der Waals surface area contributed by atoms with Gasteiger partial charge in [0.25, 0.3) is 0 Å². The molecule has 6 unspecified atom stereocenters. The first-order chi connectivity index (χ1) is 18.4. The molecule has 0 amide bonds. The number of aliphatic hydroxyl groups excluding tert-OH is 1. The van der Waals surface area contributed by atoms with Crippen molar-refractivity contribution in [1.29, 1.82) is 0 Å². The number of carbonyl (C=O) groups is 1. The molecule has 6 atom stereocenters. The van der Waals surface area contributed by atoms with Crippen LogP contribution in [0.5, 0.6) is 5.75 Å². The van der Waals surface area contributed by atoms with E-state index in [1.807, 2.05) is 0 Å². The van der Waals surface area contributed by atoms with Crippen LogP contribution in [0.3, 0.4) is 0 Å². The van der Waals surface area contributed by atoms with Crippen molar-refractivity contribution in [3.8, 4) is 5.75 Å². The molecule has 1 aromatic carbocycles. The van der Waals surface area contributed by atoms with Gasteiger partial charge in [0.1, 0.15) is 52.4 Å². The highest BCUT2D eigenvalue weighted by atomic mass is 32.1. The first-order valence-corrected chi connectivity index (χ1v) is 13.6. The number of esters is 1. The van der Waals surface area contributed by atoms with Crippen molar-refractivity contribution in [2.45, 2.75) is 43.9 Å². The minimum absolute atomic E-state index is 0.0168. The maximum atomic E-state index is 13.7. The molecule has 0 bridgehead atoms. The van der Waals surface area contributed by atoms with E-state index in [1.165, 1.54) is 38.0 Å². The van der Waals surface area contributed by atoms with Crippen LogP contribution < -0.4 is 21.1 Å². The van der Waals surface area contributed by atoms with E-state index in [2.05, 4.69) is 19.8 Å². The van der Waals surface area contributed by atoms with Crippen molar-refractivity contribution in [2.24, 2.45) is 5.73 Å². The summed E-state index contributed by atoms with van der Waals surface area (Å²) in [6.07, 6.45) is -1.20. The number of thiocarbonyl (C=S) groups is 1. The lowest BCUT2D eigenvalue weighted by Crippen LogP contribution is -2.44. The number of aromatic nitrogens is 3. The maximum absolute atomic E-state index is 13.7. The SMILES string of the molecule is COC(=O)C(C)NP(=O)(OCC1OC(n2cc(C(N)=S)c3c(N)ncnc32)C(C)(O)C1O)Oc1ccccc1. The first kappa shape index (κ1) is 28.8. The summed E-state index contributed by atoms with van der Waals surface area (Å²) in [5.74, 6) is -0.390. The molecule has 0 aliphatic carbocycles. The molecule has 7 N–H and O–H groups in total. The number of nitrogens with two attached hydrogens (primary N) is 2. The summed E-state index contributed by atoms with van der Waals surface area (Å²) < 4.78 is 36.9. The van der Waals surface area contributed by atoms with Crippen LogP contribution in [-0.4, -0.2) is 73.3 Å². The highest BCUT2D eigenvalue weighted by molar-refractivity contribution is 7.80. The zero-order valence-electron chi connectivity index (χ0n) is 21.3. The minimum atomic E-state index is -4.23. The molecule has 39 heavy (non-hydrogen) atoms. The van der Waals surface area contributed by atoms with Gasteiger partial charge in [-0.3, -0.25) is 9.32 Å². The smallest absolute Gasteiger partial charge is 0.459 e. The molecular weight excluding hydrogens is 551 g/mol. The normalized spacial score (nSPS) is 25.2. The Morgan fingerprint density at radius 3 is 2.69 bits per heavy atom. The monoisotopic (exact) mass is 580 g/mol. The van der Waals surface area contributed by atoms with Gasteiger partial charge in [-0.2, -0.15) is 5.09 Å². The summed E-state index contributed by atoms with van der Waals surface area (Å²) in [6.45, 7) is 2.27. The molecule has 16 heteroatoms. The molecule has 14 nitrogen and oxygen atoms in total. The Hall–Kier alpha value is -3.17. The number of ether oxygens (including phenoxy) is 2. The number of nitrogens with one attached hydrogen (secondary N) is 1. The zero-order valence-corrected chi connectivity index (χ0v) is 23.0. The molecule has 1 fully saturated rings. The van der Waals surface area contributed by atoms with Gasteiger partial charge >= 0.3 is 13.7 Å².